The van der Waals surface area contributed by atoms with E-state index in [1.807, 2.05) is 24.3 Å². The first-order valence-corrected chi connectivity index (χ1v) is 7.30. The highest BCUT2D eigenvalue weighted by atomic mass is 79.9. The number of primary amides is 1. The van der Waals surface area contributed by atoms with Crippen LogP contribution in [0.3, 0.4) is 0 Å². The summed E-state index contributed by atoms with van der Waals surface area (Å²) in [6, 6.07) is 7.13. The van der Waals surface area contributed by atoms with Gasteiger partial charge in [-0.2, -0.15) is 0 Å². The van der Waals surface area contributed by atoms with E-state index >= 15 is 0 Å². The number of nitrogens with two attached hydrogens (primary N) is 1. The third-order valence-electron chi connectivity index (χ3n) is 2.67. The van der Waals surface area contributed by atoms with Gasteiger partial charge in [0.2, 0.25) is 0 Å². The van der Waals surface area contributed by atoms with Crippen LogP contribution < -0.4 is 11.1 Å². The number of halogens is 1. The molecule has 0 radical (unpaired) electrons. The van der Waals surface area contributed by atoms with Crippen LogP contribution in [0.5, 0.6) is 0 Å². The molecule has 1 aromatic rings. The SMILES string of the molecule is NC(=O)NCCCCCC(=O)OCc1ccc(Br)cc1. The van der Waals surface area contributed by atoms with Gasteiger partial charge in [0.1, 0.15) is 6.61 Å². The summed E-state index contributed by atoms with van der Waals surface area (Å²) in [5, 5.41) is 2.50. The van der Waals surface area contributed by atoms with Gasteiger partial charge >= 0.3 is 12.0 Å². The highest BCUT2D eigenvalue weighted by molar-refractivity contribution is 9.10. The molecule has 110 valence electrons. The Balaban J connectivity index is 2.06. The third-order valence-corrected chi connectivity index (χ3v) is 3.20. The fraction of sp³-hybridized carbons (Fsp3) is 0.429. The van der Waals surface area contributed by atoms with E-state index in [1.54, 1.807) is 0 Å². The first-order valence-electron chi connectivity index (χ1n) is 6.51. The van der Waals surface area contributed by atoms with Crippen LogP contribution >= 0.6 is 15.9 Å². The summed E-state index contributed by atoms with van der Waals surface area (Å²) < 4.78 is 6.17. The van der Waals surface area contributed by atoms with Gasteiger partial charge < -0.3 is 15.8 Å². The lowest BCUT2D eigenvalue weighted by molar-refractivity contribution is -0.145. The number of esters is 1. The number of hydrogen-bond acceptors (Lipinski definition) is 3. The molecule has 0 fully saturated rings. The smallest absolute Gasteiger partial charge is 0.312 e. The number of nitrogens with one attached hydrogen (secondary N) is 1. The van der Waals surface area contributed by atoms with Gasteiger partial charge in [-0.3, -0.25) is 4.79 Å². The molecule has 3 N–H and O–H groups in total. The zero-order valence-electron chi connectivity index (χ0n) is 11.2. The average molecular weight is 343 g/mol. The van der Waals surface area contributed by atoms with Crippen LogP contribution in [0.25, 0.3) is 0 Å². The van der Waals surface area contributed by atoms with Crippen molar-refractivity contribution in [1.82, 2.24) is 5.32 Å². The van der Waals surface area contributed by atoms with Crippen molar-refractivity contribution in [3.05, 3.63) is 34.3 Å². The molecular formula is C14H19BrN2O3. The molecule has 0 atom stereocenters. The standard InChI is InChI=1S/C14H19BrN2O3/c15-12-7-5-11(6-8-12)10-20-13(18)4-2-1-3-9-17-14(16)19/h5-8H,1-4,9-10H2,(H3,16,17,19). The minimum atomic E-state index is -0.515. The fourth-order valence-electron chi connectivity index (χ4n) is 1.60. The second-order valence-corrected chi connectivity index (χ2v) is 5.30. The Hall–Kier alpha value is -1.56. The topological polar surface area (TPSA) is 81.4 Å². The van der Waals surface area contributed by atoms with Crippen LogP contribution in [-0.4, -0.2) is 18.5 Å². The molecular weight excluding hydrogens is 324 g/mol. The maximum atomic E-state index is 11.5. The first kappa shape index (κ1) is 16.5. The van der Waals surface area contributed by atoms with Gasteiger partial charge in [0.25, 0.3) is 0 Å². The van der Waals surface area contributed by atoms with Crippen LogP contribution in [-0.2, 0) is 16.1 Å². The Morgan fingerprint density at radius 3 is 2.50 bits per heavy atom. The lowest BCUT2D eigenvalue weighted by Crippen LogP contribution is -2.29. The molecule has 0 spiro atoms. The molecule has 1 aromatic carbocycles. The molecule has 0 saturated heterocycles. The lowest BCUT2D eigenvalue weighted by Gasteiger charge is -2.05. The molecule has 0 aliphatic heterocycles. The van der Waals surface area contributed by atoms with E-state index in [4.69, 9.17) is 10.5 Å². The van der Waals surface area contributed by atoms with Gasteiger partial charge in [-0.1, -0.05) is 34.5 Å². The molecule has 0 bridgehead atoms. The molecule has 0 saturated carbocycles. The van der Waals surface area contributed by atoms with Crippen LogP contribution in [0.1, 0.15) is 31.2 Å². The zero-order valence-corrected chi connectivity index (χ0v) is 12.8. The van der Waals surface area contributed by atoms with Crippen LogP contribution in [0.4, 0.5) is 4.79 Å². The summed E-state index contributed by atoms with van der Waals surface area (Å²) in [5.74, 6) is -0.198. The van der Waals surface area contributed by atoms with Crippen molar-refractivity contribution in [2.45, 2.75) is 32.3 Å². The zero-order chi connectivity index (χ0) is 14.8. The number of urea groups is 1. The molecule has 20 heavy (non-hydrogen) atoms. The molecule has 5 nitrogen and oxygen atoms in total. The lowest BCUT2D eigenvalue weighted by atomic mass is 10.2. The highest BCUT2D eigenvalue weighted by Crippen LogP contribution is 2.11. The number of hydrogen-bond donors (Lipinski definition) is 2. The van der Waals surface area contributed by atoms with Crippen molar-refractivity contribution >= 4 is 27.9 Å². The highest BCUT2D eigenvalue weighted by Gasteiger charge is 2.03. The van der Waals surface area contributed by atoms with E-state index in [0.717, 1.165) is 29.3 Å². The molecule has 0 aliphatic rings. The monoisotopic (exact) mass is 342 g/mol. The minimum absolute atomic E-state index is 0.198. The number of benzene rings is 1. The third kappa shape index (κ3) is 7.78. The van der Waals surface area contributed by atoms with E-state index in [9.17, 15) is 9.59 Å². The normalized spacial score (nSPS) is 10.1. The van der Waals surface area contributed by atoms with Crippen LogP contribution in [0, 0.1) is 0 Å². The number of carbonyl (C=O) groups excluding carboxylic acids is 2. The van der Waals surface area contributed by atoms with E-state index in [1.165, 1.54) is 0 Å². The van der Waals surface area contributed by atoms with E-state index < -0.39 is 6.03 Å². The van der Waals surface area contributed by atoms with Gasteiger partial charge in [-0.05, 0) is 30.5 Å². The van der Waals surface area contributed by atoms with Crippen LogP contribution in [0.15, 0.2) is 28.7 Å². The maximum Gasteiger partial charge on any atom is 0.312 e. The molecule has 1 rings (SSSR count). The van der Waals surface area contributed by atoms with Crippen molar-refractivity contribution in [2.24, 2.45) is 5.73 Å². The van der Waals surface area contributed by atoms with Gasteiger partial charge in [0, 0.05) is 17.4 Å². The Labute approximate surface area is 127 Å². The summed E-state index contributed by atoms with van der Waals surface area (Å²) >= 11 is 3.35. The van der Waals surface area contributed by atoms with Gasteiger partial charge in [0.05, 0.1) is 0 Å². The number of ether oxygens (including phenoxy) is 1. The van der Waals surface area contributed by atoms with Crippen molar-refractivity contribution in [1.29, 1.82) is 0 Å². The second kappa shape index (κ2) is 9.36. The summed E-state index contributed by atoms with van der Waals surface area (Å²) in [4.78, 5) is 21.9. The number of unbranched alkanes of at least 4 members (excludes halogenated alkanes) is 2. The van der Waals surface area contributed by atoms with Crippen molar-refractivity contribution in [2.75, 3.05) is 6.54 Å². The quantitative estimate of drug-likeness (QED) is 0.562. The van der Waals surface area contributed by atoms with E-state index in [2.05, 4.69) is 21.2 Å². The maximum absolute atomic E-state index is 11.5. The van der Waals surface area contributed by atoms with Gasteiger partial charge in [-0.25, -0.2) is 4.79 Å². The van der Waals surface area contributed by atoms with Gasteiger partial charge in [0.15, 0.2) is 0 Å². The molecule has 0 aromatic heterocycles. The molecule has 0 unspecified atom stereocenters. The number of amides is 2. The molecule has 0 aliphatic carbocycles. The Morgan fingerprint density at radius 2 is 1.85 bits per heavy atom. The van der Waals surface area contributed by atoms with Crippen LogP contribution in [0.2, 0.25) is 0 Å². The molecule has 0 heterocycles. The largest absolute Gasteiger partial charge is 0.461 e. The summed E-state index contributed by atoms with van der Waals surface area (Å²) in [5.41, 5.74) is 5.90. The second-order valence-electron chi connectivity index (χ2n) is 4.39. The Morgan fingerprint density at radius 1 is 1.15 bits per heavy atom. The Kier molecular flexibility index (Phi) is 7.72. The predicted molar refractivity (Wildman–Crippen MR) is 80.0 cm³/mol. The van der Waals surface area contributed by atoms with E-state index in [0.29, 0.717) is 19.6 Å². The fourth-order valence-corrected chi connectivity index (χ4v) is 1.86. The molecule has 2 amide bonds. The number of carbonyl (C=O) groups is 2. The average Bonchev–Trinajstić information content (AvgIpc) is 2.41. The number of rotatable bonds is 8. The summed E-state index contributed by atoms with van der Waals surface area (Å²) in [6.45, 7) is 0.846. The minimum Gasteiger partial charge on any atom is -0.461 e. The van der Waals surface area contributed by atoms with Crippen molar-refractivity contribution in [3.8, 4) is 0 Å². The van der Waals surface area contributed by atoms with E-state index in [-0.39, 0.29) is 5.97 Å². The Bertz CT molecular complexity index is 435. The summed E-state index contributed by atoms with van der Waals surface area (Å²) in [6.07, 6.45) is 2.81. The molecule has 6 heteroatoms. The van der Waals surface area contributed by atoms with Gasteiger partial charge in [-0.15, -0.1) is 0 Å². The van der Waals surface area contributed by atoms with Crippen molar-refractivity contribution < 1.29 is 14.3 Å². The van der Waals surface area contributed by atoms with Crippen molar-refractivity contribution in [3.63, 3.8) is 0 Å². The first-order chi connectivity index (χ1) is 9.58. The summed E-state index contributed by atoms with van der Waals surface area (Å²) in [7, 11) is 0. The predicted octanol–water partition coefficient (Wildman–Crippen LogP) is 2.72.